The first-order valence-electron chi connectivity index (χ1n) is 7.89. The predicted molar refractivity (Wildman–Crippen MR) is 96.8 cm³/mol. The largest absolute Gasteiger partial charge is 0.481 e. The highest BCUT2D eigenvalue weighted by molar-refractivity contribution is 7.12. The molecule has 1 heterocycles. The van der Waals surface area contributed by atoms with Crippen molar-refractivity contribution < 1.29 is 19.5 Å². The molecule has 1 atom stereocenters. The number of hydrogen-bond donors (Lipinski definition) is 3. The Morgan fingerprint density at radius 1 is 1.16 bits per heavy atom. The second-order valence-electron chi connectivity index (χ2n) is 5.67. The number of anilines is 1. The fourth-order valence-electron chi connectivity index (χ4n) is 2.17. The number of carboxylic acids is 1. The number of hydrogen-bond acceptors (Lipinski definition) is 4. The zero-order valence-corrected chi connectivity index (χ0v) is 14.6. The Labute approximate surface area is 149 Å². The van der Waals surface area contributed by atoms with Gasteiger partial charge in [0, 0.05) is 18.7 Å². The Morgan fingerprint density at radius 2 is 1.88 bits per heavy atom. The van der Waals surface area contributed by atoms with Gasteiger partial charge in [0.15, 0.2) is 0 Å². The van der Waals surface area contributed by atoms with Crippen LogP contribution < -0.4 is 10.6 Å². The third-order valence-electron chi connectivity index (χ3n) is 3.58. The van der Waals surface area contributed by atoms with E-state index in [1.165, 1.54) is 11.3 Å². The lowest BCUT2D eigenvalue weighted by Gasteiger charge is -2.09. The second-order valence-corrected chi connectivity index (χ2v) is 6.62. The third kappa shape index (κ3) is 6.04. The van der Waals surface area contributed by atoms with E-state index in [0.29, 0.717) is 17.0 Å². The molecular formula is C18H20N2O4S. The van der Waals surface area contributed by atoms with Gasteiger partial charge >= 0.3 is 5.97 Å². The molecule has 1 aromatic heterocycles. The fourth-order valence-corrected chi connectivity index (χ4v) is 2.81. The molecule has 2 amide bonds. The van der Waals surface area contributed by atoms with Crippen molar-refractivity contribution in [2.45, 2.75) is 19.8 Å². The lowest BCUT2D eigenvalue weighted by molar-refractivity contribution is -0.141. The van der Waals surface area contributed by atoms with E-state index < -0.39 is 11.9 Å². The topological polar surface area (TPSA) is 95.5 Å². The highest BCUT2D eigenvalue weighted by Gasteiger charge is 2.12. The van der Waals surface area contributed by atoms with Gasteiger partial charge in [-0.15, -0.1) is 11.3 Å². The standard InChI is InChI=1S/C18H20N2O4S/c1-12(18(23)24)11-13-4-6-14(7-5-13)20-16(21)8-9-19-17(22)15-3-2-10-25-15/h2-7,10,12H,8-9,11H2,1H3,(H,19,22)(H,20,21)(H,23,24). The van der Waals surface area contributed by atoms with Crippen molar-refractivity contribution in [2.24, 2.45) is 5.92 Å². The Bertz CT molecular complexity index is 726. The number of carbonyl (C=O) groups excluding carboxylic acids is 2. The van der Waals surface area contributed by atoms with Crippen molar-refractivity contribution in [3.05, 3.63) is 52.2 Å². The van der Waals surface area contributed by atoms with Crippen LogP contribution in [0.5, 0.6) is 0 Å². The van der Waals surface area contributed by atoms with Gasteiger partial charge in [-0.25, -0.2) is 0 Å². The molecule has 0 spiro atoms. The van der Waals surface area contributed by atoms with E-state index in [1.807, 2.05) is 5.38 Å². The smallest absolute Gasteiger partial charge is 0.306 e. The summed E-state index contributed by atoms with van der Waals surface area (Å²) in [4.78, 5) is 35.1. The summed E-state index contributed by atoms with van der Waals surface area (Å²) >= 11 is 1.35. The molecule has 0 aliphatic carbocycles. The van der Waals surface area contributed by atoms with Crippen molar-refractivity contribution in [3.63, 3.8) is 0 Å². The highest BCUT2D eigenvalue weighted by Crippen LogP contribution is 2.14. The normalized spacial score (nSPS) is 11.6. The van der Waals surface area contributed by atoms with Gasteiger partial charge in [-0.1, -0.05) is 25.1 Å². The molecule has 2 aromatic rings. The number of benzene rings is 1. The van der Waals surface area contributed by atoms with Crippen molar-refractivity contribution in [2.75, 3.05) is 11.9 Å². The lowest BCUT2D eigenvalue weighted by atomic mass is 10.0. The summed E-state index contributed by atoms with van der Waals surface area (Å²) in [5.74, 6) is -1.66. The van der Waals surface area contributed by atoms with Crippen LogP contribution in [-0.2, 0) is 16.0 Å². The van der Waals surface area contributed by atoms with Gasteiger partial charge in [0.1, 0.15) is 0 Å². The van der Waals surface area contributed by atoms with Crippen LogP contribution in [0, 0.1) is 5.92 Å². The maximum Gasteiger partial charge on any atom is 0.306 e. The Balaban J connectivity index is 1.74. The average molecular weight is 360 g/mol. The van der Waals surface area contributed by atoms with Crippen molar-refractivity contribution >= 4 is 34.8 Å². The molecule has 3 N–H and O–H groups in total. The van der Waals surface area contributed by atoms with Crippen LogP contribution >= 0.6 is 11.3 Å². The lowest BCUT2D eigenvalue weighted by Crippen LogP contribution is -2.27. The number of aliphatic carboxylic acids is 1. The number of amides is 2. The van der Waals surface area contributed by atoms with Crippen LogP contribution in [0.25, 0.3) is 0 Å². The third-order valence-corrected chi connectivity index (χ3v) is 4.45. The maximum absolute atomic E-state index is 11.9. The van der Waals surface area contributed by atoms with E-state index in [9.17, 15) is 14.4 Å². The van der Waals surface area contributed by atoms with E-state index in [4.69, 9.17) is 5.11 Å². The molecule has 1 unspecified atom stereocenters. The molecule has 0 radical (unpaired) electrons. The average Bonchev–Trinajstić information content (AvgIpc) is 3.11. The first kappa shape index (κ1) is 18.7. The maximum atomic E-state index is 11.9. The summed E-state index contributed by atoms with van der Waals surface area (Å²) in [6.45, 7) is 1.92. The zero-order chi connectivity index (χ0) is 18.2. The van der Waals surface area contributed by atoms with Crippen molar-refractivity contribution in [3.8, 4) is 0 Å². The van der Waals surface area contributed by atoms with Gasteiger partial charge in [-0.05, 0) is 35.6 Å². The summed E-state index contributed by atoms with van der Waals surface area (Å²) in [5, 5.41) is 16.2. The minimum absolute atomic E-state index is 0.176. The molecule has 6 nitrogen and oxygen atoms in total. The number of carboxylic acid groups (broad SMARTS) is 1. The molecule has 2 rings (SSSR count). The molecule has 0 aliphatic rings. The van der Waals surface area contributed by atoms with E-state index in [1.54, 1.807) is 43.3 Å². The summed E-state index contributed by atoms with van der Waals surface area (Å²) in [6.07, 6.45) is 0.618. The van der Waals surface area contributed by atoms with E-state index in [2.05, 4.69) is 10.6 Å². The summed E-state index contributed by atoms with van der Waals surface area (Å²) in [5.41, 5.74) is 1.54. The molecule has 1 aromatic carbocycles. The minimum atomic E-state index is -0.832. The minimum Gasteiger partial charge on any atom is -0.481 e. The van der Waals surface area contributed by atoms with Crippen LogP contribution in [0.4, 0.5) is 5.69 Å². The van der Waals surface area contributed by atoms with Gasteiger partial charge < -0.3 is 15.7 Å². The van der Waals surface area contributed by atoms with Crippen molar-refractivity contribution in [1.29, 1.82) is 0 Å². The van der Waals surface area contributed by atoms with E-state index >= 15 is 0 Å². The van der Waals surface area contributed by atoms with Crippen LogP contribution in [0.3, 0.4) is 0 Å². The van der Waals surface area contributed by atoms with Crippen LogP contribution in [0.1, 0.15) is 28.6 Å². The van der Waals surface area contributed by atoms with E-state index in [0.717, 1.165) is 5.56 Å². The molecule has 7 heteroatoms. The number of rotatable bonds is 8. The summed E-state index contributed by atoms with van der Waals surface area (Å²) in [6, 6.07) is 10.6. The van der Waals surface area contributed by atoms with Gasteiger partial charge in [0.25, 0.3) is 5.91 Å². The molecule has 25 heavy (non-hydrogen) atoms. The SMILES string of the molecule is CC(Cc1ccc(NC(=O)CCNC(=O)c2cccs2)cc1)C(=O)O. The summed E-state index contributed by atoms with van der Waals surface area (Å²) < 4.78 is 0. The Kier molecular flexibility index (Phi) is 6.71. The molecule has 0 saturated heterocycles. The quantitative estimate of drug-likeness (QED) is 0.674. The zero-order valence-electron chi connectivity index (χ0n) is 13.8. The predicted octanol–water partition coefficient (Wildman–Crippen LogP) is 2.77. The van der Waals surface area contributed by atoms with Crippen LogP contribution in [-0.4, -0.2) is 29.4 Å². The number of thiophene rings is 1. The number of nitrogens with one attached hydrogen (secondary N) is 2. The Morgan fingerprint density at radius 3 is 2.48 bits per heavy atom. The molecule has 0 aliphatic heterocycles. The van der Waals surface area contributed by atoms with Gasteiger partial charge in [0.05, 0.1) is 10.8 Å². The van der Waals surface area contributed by atoms with Gasteiger partial charge in [-0.3, -0.25) is 14.4 Å². The molecule has 0 fully saturated rings. The summed E-state index contributed by atoms with van der Waals surface area (Å²) in [7, 11) is 0. The van der Waals surface area contributed by atoms with Crippen LogP contribution in [0.15, 0.2) is 41.8 Å². The van der Waals surface area contributed by atoms with Crippen LogP contribution in [0.2, 0.25) is 0 Å². The van der Waals surface area contributed by atoms with Gasteiger partial charge in [0.2, 0.25) is 5.91 Å². The first-order valence-corrected chi connectivity index (χ1v) is 8.77. The molecule has 0 bridgehead atoms. The molecule has 0 saturated carbocycles. The molecular weight excluding hydrogens is 340 g/mol. The monoisotopic (exact) mass is 360 g/mol. The number of carbonyl (C=O) groups is 3. The second kappa shape index (κ2) is 8.98. The highest BCUT2D eigenvalue weighted by atomic mass is 32.1. The van der Waals surface area contributed by atoms with Crippen molar-refractivity contribution in [1.82, 2.24) is 5.32 Å². The Hall–Kier alpha value is -2.67. The first-order chi connectivity index (χ1) is 12.0. The van der Waals surface area contributed by atoms with Gasteiger partial charge in [-0.2, -0.15) is 0 Å². The fraction of sp³-hybridized carbons (Fsp3) is 0.278. The van der Waals surface area contributed by atoms with E-state index in [-0.39, 0.29) is 24.8 Å². The molecule has 132 valence electrons.